The summed E-state index contributed by atoms with van der Waals surface area (Å²) in [5.74, 6) is 0.780. The molecule has 1 aromatic carbocycles. The Balaban J connectivity index is 1.57. The van der Waals surface area contributed by atoms with E-state index in [4.69, 9.17) is 9.72 Å². The molecule has 1 amide bonds. The number of ether oxygens (including phenoxy) is 1. The molecule has 0 fully saturated rings. The lowest BCUT2D eigenvalue weighted by atomic mass is 9.94. The standard InChI is InChI=1S/C19H19N5O2S/c1-19(2)8-12-16(17(25)23-19)27-18(22-12)24-5-6-26-15-4-3-11(7-14(15)24)13-9-20-10-21-13/h3-4,7,9-10H,5-6,8H2,1-2H3,(H,20,21)(H,23,25). The summed E-state index contributed by atoms with van der Waals surface area (Å²) in [5.41, 5.74) is 3.44. The van der Waals surface area contributed by atoms with E-state index in [1.54, 1.807) is 6.33 Å². The highest BCUT2D eigenvalue weighted by atomic mass is 32.1. The van der Waals surface area contributed by atoms with Crippen LogP contribution in [-0.2, 0) is 6.42 Å². The Morgan fingerprint density at radius 3 is 3.04 bits per heavy atom. The lowest BCUT2D eigenvalue weighted by Gasteiger charge is -2.29. The van der Waals surface area contributed by atoms with Gasteiger partial charge in [-0.25, -0.2) is 9.97 Å². The summed E-state index contributed by atoms with van der Waals surface area (Å²) >= 11 is 1.44. The van der Waals surface area contributed by atoms with E-state index in [0.29, 0.717) is 18.0 Å². The summed E-state index contributed by atoms with van der Waals surface area (Å²) in [4.78, 5) is 27.4. The summed E-state index contributed by atoms with van der Waals surface area (Å²) in [7, 11) is 0. The van der Waals surface area contributed by atoms with Gasteiger partial charge in [0.25, 0.3) is 5.91 Å². The number of anilines is 2. The predicted molar refractivity (Wildman–Crippen MR) is 104 cm³/mol. The molecule has 0 spiro atoms. The Morgan fingerprint density at radius 2 is 2.22 bits per heavy atom. The van der Waals surface area contributed by atoms with Gasteiger partial charge in [0.05, 0.1) is 29.9 Å². The van der Waals surface area contributed by atoms with Gasteiger partial charge in [-0.05, 0) is 32.0 Å². The number of nitrogens with one attached hydrogen (secondary N) is 2. The van der Waals surface area contributed by atoms with Crippen LogP contribution in [-0.4, -0.2) is 39.5 Å². The van der Waals surface area contributed by atoms with Gasteiger partial charge in [0.15, 0.2) is 5.13 Å². The highest BCUT2D eigenvalue weighted by Crippen LogP contribution is 2.42. The van der Waals surface area contributed by atoms with Crippen LogP contribution in [0.2, 0.25) is 0 Å². The van der Waals surface area contributed by atoms with Crippen LogP contribution >= 0.6 is 11.3 Å². The highest BCUT2D eigenvalue weighted by Gasteiger charge is 2.34. The number of imidazole rings is 1. The Kier molecular flexibility index (Phi) is 3.51. The van der Waals surface area contributed by atoms with Gasteiger partial charge >= 0.3 is 0 Å². The lowest BCUT2D eigenvalue weighted by molar-refractivity contribution is 0.0901. The maximum atomic E-state index is 12.5. The van der Waals surface area contributed by atoms with Crippen LogP contribution in [0, 0.1) is 0 Å². The zero-order valence-electron chi connectivity index (χ0n) is 15.1. The predicted octanol–water partition coefficient (Wildman–Crippen LogP) is 3.13. The molecular weight excluding hydrogens is 362 g/mol. The van der Waals surface area contributed by atoms with E-state index in [1.807, 2.05) is 32.2 Å². The van der Waals surface area contributed by atoms with Crippen LogP contribution in [0.15, 0.2) is 30.7 Å². The number of aromatic nitrogens is 3. The van der Waals surface area contributed by atoms with Crippen molar-refractivity contribution in [2.24, 2.45) is 0 Å². The monoisotopic (exact) mass is 381 g/mol. The van der Waals surface area contributed by atoms with E-state index in [1.165, 1.54) is 11.3 Å². The number of carbonyl (C=O) groups excluding carboxylic acids is 1. The molecule has 4 heterocycles. The summed E-state index contributed by atoms with van der Waals surface area (Å²) in [6, 6.07) is 6.03. The Hall–Kier alpha value is -2.87. The van der Waals surface area contributed by atoms with Crippen LogP contribution in [0.1, 0.15) is 29.2 Å². The minimum Gasteiger partial charge on any atom is -0.490 e. The van der Waals surface area contributed by atoms with E-state index >= 15 is 0 Å². The summed E-state index contributed by atoms with van der Waals surface area (Å²) in [6.45, 7) is 5.31. The van der Waals surface area contributed by atoms with Crippen LogP contribution in [0.25, 0.3) is 11.3 Å². The zero-order valence-corrected chi connectivity index (χ0v) is 15.9. The number of amides is 1. The SMILES string of the molecule is CC1(C)Cc2nc(N3CCOc4ccc(-c5c[nH]cn5)cc43)sc2C(=O)N1. The number of thiazole rings is 1. The van der Waals surface area contributed by atoms with Crippen molar-refractivity contribution >= 4 is 28.1 Å². The molecule has 27 heavy (non-hydrogen) atoms. The van der Waals surface area contributed by atoms with Crippen molar-refractivity contribution in [3.8, 4) is 17.0 Å². The van der Waals surface area contributed by atoms with Gasteiger partial charge in [-0.15, -0.1) is 0 Å². The fourth-order valence-electron chi connectivity index (χ4n) is 3.57. The highest BCUT2D eigenvalue weighted by molar-refractivity contribution is 7.17. The number of hydrogen-bond donors (Lipinski definition) is 2. The Labute approximate surface area is 160 Å². The normalized spacial score (nSPS) is 17.7. The smallest absolute Gasteiger partial charge is 0.263 e. The van der Waals surface area contributed by atoms with Crippen LogP contribution in [0.5, 0.6) is 5.75 Å². The maximum absolute atomic E-state index is 12.5. The summed E-state index contributed by atoms with van der Waals surface area (Å²) in [5, 5.41) is 3.88. The molecule has 138 valence electrons. The molecule has 2 aliphatic heterocycles. The van der Waals surface area contributed by atoms with Gasteiger partial charge < -0.3 is 19.9 Å². The Bertz CT molecular complexity index is 1020. The second-order valence-corrected chi connectivity index (χ2v) is 8.40. The molecule has 0 bridgehead atoms. The summed E-state index contributed by atoms with van der Waals surface area (Å²) < 4.78 is 5.83. The first-order chi connectivity index (χ1) is 13.0. The number of nitrogens with zero attached hydrogens (tertiary/aromatic N) is 3. The minimum atomic E-state index is -0.272. The topological polar surface area (TPSA) is 83.1 Å². The van der Waals surface area contributed by atoms with E-state index in [-0.39, 0.29) is 11.4 Å². The van der Waals surface area contributed by atoms with E-state index in [0.717, 1.165) is 39.9 Å². The van der Waals surface area contributed by atoms with Crippen LogP contribution < -0.4 is 15.0 Å². The third-order valence-electron chi connectivity index (χ3n) is 4.80. The number of fused-ring (bicyclic) bond motifs is 2. The Morgan fingerprint density at radius 1 is 1.33 bits per heavy atom. The first kappa shape index (κ1) is 16.3. The van der Waals surface area contributed by atoms with E-state index in [9.17, 15) is 4.79 Å². The van der Waals surface area contributed by atoms with Crippen molar-refractivity contribution < 1.29 is 9.53 Å². The molecule has 5 rings (SSSR count). The quantitative estimate of drug-likeness (QED) is 0.713. The fourth-order valence-corrected chi connectivity index (χ4v) is 4.59. The molecule has 0 saturated heterocycles. The number of rotatable bonds is 2. The van der Waals surface area contributed by atoms with Gasteiger partial charge in [-0.1, -0.05) is 11.3 Å². The molecule has 2 N–H and O–H groups in total. The third-order valence-corrected chi connectivity index (χ3v) is 5.92. The molecule has 0 saturated carbocycles. The van der Waals surface area contributed by atoms with Gasteiger partial charge in [-0.2, -0.15) is 0 Å². The van der Waals surface area contributed by atoms with Crippen LogP contribution in [0.3, 0.4) is 0 Å². The lowest BCUT2D eigenvalue weighted by Crippen LogP contribution is -2.48. The zero-order chi connectivity index (χ0) is 18.6. The molecule has 0 unspecified atom stereocenters. The minimum absolute atomic E-state index is 0.0382. The number of H-pyrrole nitrogens is 1. The second-order valence-electron chi connectivity index (χ2n) is 7.42. The van der Waals surface area contributed by atoms with Crippen LogP contribution in [0.4, 0.5) is 10.8 Å². The maximum Gasteiger partial charge on any atom is 0.263 e. The van der Waals surface area contributed by atoms with Crippen molar-refractivity contribution in [1.82, 2.24) is 20.3 Å². The second kappa shape index (κ2) is 5.82. The third kappa shape index (κ3) is 2.76. The van der Waals surface area contributed by atoms with Gasteiger partial charge in [-0.3, -0.25) is 4.79 Å². The molecule has 3 aromatic rings. The summed E-state index contributed by atoms with van der Waals surface area (Å²) in [6.07, 6.45) is 4.26. The number of aromatic amines is 1. The average molecular weight is 381 g/mol. The van der Waals surface area contributed by atoms with Gasteiger partial charge in [0.2, 0.25) is 0 Å². The molecule has 0 radical (unpaired) electrons. The molecule has 2 aromatic heterocycles. The molecule has 0 atom stereocenters. The van der Waals surface area contributed by atoms with Gasteiger partial charge in [0.1, 0.15) is 17.2 Å². The van der Waals surface area contributed by atoms with Gasteiger partial charge in [0, 0.05) is 23.7 Å². The van der Waals surface area contributed by atoms with Crippen molar-refractivity contribution in [3.63, 3.8) is 0 Å². The number of benzene rings is 1. The molecule has 7 nitrogen and oxygen atoms in total. The molecule has 0 aliphatic carbocycles. The number of hydrogen-bond acceptors (Lipinski definition) is 6. The molecule has 8 heteroatoms. The van der Waals surface area contributed by atoms with Crippen molar-refractivity contribution in [3.05, 3.63) is 41.3 Å². The van der Waals surface area contributed by atoms with E-state index < -0.39 is 0 Å². The number of carbonyl (C=O) groups is 1. The van der Waals surface area contributed by atoms with Crippen molar-refractivity contribution in [2.45, 2.75) is 25.8 Å². The largest absolute Gasteiger partial charge is 0.490 e. The molecular formula is C19H19N5O2S. The first-order valence-corrected chi connectivity index (χ1v) is 9.68. The van der Waals surface area contributed by atoms with E-state index in [2.05, 4.69) is 26.3 Å². The molecule has 2 aliphatic rings. The first-order valence-electron chi connectivity index (χ1n) is 8.86. The fraction of sp³-hybridized carbons (Fsp3) is 0.316. The average Bonchev–Trinajstić information content (AvgIpc) is 3.29. The van der Waals surface area contributed by atoms with Crippen molar-refractivity contribution in [1.29, 1.82) is 0 Å². The van der Waals surface area contributed by atoms with Crippen molar-refractivity contribution in [2.75, 3.05) is 18.1 Å².